The highest BCUT2D eigenvalue weighted by molar-refractivity contribution is 5.93. The molecule has 1 rings (SSSR count). The molecule has 1 fully saturated rings. The van der Waals surface area contributed by atoms with Crippen molar-refractivity contribution in [1.82, 2.24) is 5.32 Å². The lowest BCUT2D eigenvalue weighted by Crippen LogP contribution is -2.45. The van der Waals surface area contributed by atoms with E-state index in [-0.39, 0.29) is 24.0 Å². The van der Waals surface area contributed by atoms with Crippen LogP contribution in [0.1, 0.15) is 53.4 Å². The molecule has 0 aromatic heterocycles. The Labute approximate surface area is 104 Å². The van der Waals surface area contributed by atoms with Crippen molar-refractivity contribution < 1.29 is 9.90 Å². The highest BCUT2D eigenvalue weighted by atomic mass is 16.3. The number of amides is 1. The van der Waals surface area contributed by atoms with Gasteiger partial charge in [-0.05, 0) is 33.1 Å². The molecule has 1 aliphatic carbocycles. The van der Waals surface area contributed by atoms with Crippen LogP contribution in [-0.2, 0) is 4.79 Å². The van der Waals surface area contributed by atoms with Crippen molar-refractivity contribution in [2.45, 2.75) is 59.4 Å². The molecule has 1 amide bonds. The first-order chi connectivity index (χ1) is 7.94. The Morgan fingerprint density at radius 2 is 2.12 bits per heavy atom. The molecule has 0 radical (unpaired) electrons. The molecule has 2 unspecified atom stereocenters. The lowest BCUT2D eigenvalue weighted by Gasteiger charge is -2.30. The van der Waals surface area contributed by atoms with Crippen LogP contribution in [-0.4, -0.2) is 23.7 Å². The fourth-order valence-electron chi connectivity index (χ4n) is 2.39. The molecule has 1 saturated carbocycles. The van der Waals surface area contributed by atoms with E-state index in [2.05, 4.69) is 19.2 Å². The van der Waals surface area contributed by atoms with Gasteiger partial charge in [0.25, 0.3) is 0 Å². The Kier molecular flexibility index (Phi) is 4.75. The second-order valence-corrected chi connectivity index (χ2v) is 5.49. The van der Waals surface area contributed by atoms with Gasteiger partial charge in [-0.15, -0.1) is 0 Å². The SMILES string of the molecule is CCC(C)=C(C)C(=O)NC1CCCC1(C)CO. The summed E-state index contributed by atoms with van der Waals surface area (Å²) in [6, 6.07) is 0.111. The molecule has 0 aromatic rings. The monoisotopic (exact) mass is 239 g/mol. The molecule has 3 nitrogen and oxygen atoms in total. The van der Waals surface area contributed by atoms with Crippen molar-refractivity contribution in [2.75, 3.05) is 6.61 Å². The van der Waals surface area contributed by atoms with Crippen LogP contribution in [0.5, 0.6) is 0 Å². The number of aliphatic hydroxyl groups excluding tert-OH is 1. The maximum absolute atomic E-state index is 12.1. The van der Waals surface area contributed by atoms with Gasteiger partial charge in [0, 0.05) is 17.0 Å². The molecular weight excluding hydrogens is 214 g/mol. The van der Waals surface area contributed by atoms with E-state index in [4.69, 9.17) is 0 Å². The van der Waals surface area contributed by atoms with Gasteiger partial charge in [0.2, 0.25) is 5.91 Å². The van der Waals surface area contributed by atoms with Gasteiger partial charge in [-0.1, -0.05) is 25.8 Å². The van der Waals surface area contributed by atoms with Crippen LogP contribution >= 0.6 is 0 Å². The maximum Gasteiger partial charge on any atom is 0.247 e. The van der Waals surface area contributed by atoms with Crippen molar-refractivity contribution in [3.05, 3.63) is 11.1 Å². The largest absolute Gasteiger partial charge is 0.396 e. The van der Waals surface area contributed by atoms with Crippen molar-refractivity contribution in [2.24, 2.45) is 5.41 Å². The quantitative estimate of drug-likeness (QED) is 0.740. The molecule has 2 N–H and O–H groups in total. The van der Waals surface area contributed by atoms with E-state index in [0.29, 0.717) is 0 Å². The summed E-state index contributed by atoms with van der Waals surface area (Å²) < 4.78 is 0. The summed E-state index contributed by atoms with van der Waals surface area (Å²) >= 11 is 0. The third-order valence-electron chi connectivity index (χ3n) is 4.26. The second kappa shape index (κ2) is 5.67. The van der Waals surface area contributed by atoms with Crippen LogP contribution in [0, 0.1) is 5.41 Å². The smallest absolute Gasteiger partial charge is 0.247 e. The normalized spacial score (nSPS) is 30.1. The van der Waals surface area contributed by atoms with E-state index in [9.17, 15) is 9.90 Å². The summed E-state index contributed by atoms with van der Waals surface area (Å²) in [7, 11) is 0. The molecule has 0 spiro atoms. The molecule has 0 saturated heterocycles. The van der Waals surface area contributed by atoms with E-state index in [1.807, 2.05) is 13.8 Å². The number of hydrogen-bond donors (Lipinski definition) is 2. The Hall–Kier alpha value is -0.830. The first-order valence-corrected chi connectivity index (χ1v) is 6.52. The first-order valence-electron chi connectivity index (χ1n) is 6.52. The van der Waals surface area contributed by atoms with Crippen LogP contribution in [0.2, 0.25) is 0 Å². The van der Waals surface area contributed by atoms with Gasteiger partial charge in [0.15, 0.2) is 0 Å². The number of hydrogen-bond acceptors (Lipinski definition) is 2. The highest BCUT2D eigenvalue weighted by Crippen LogP contribution is 2.37. The van der Waals surface area contributed by atoms with Gasteiger partial charge >= 0.3 is 0 Å². The Morgan fingerprint density at radius 3 is 2.65 bits per heavy atom. The standard InChI is InChI=1S/C14H25NO2/c1-5-10(2)11(3)13(17)15-12-7-6-8-14(12,4)9-16/h12,16H,5-9H2,1-4H3,(H,15,17). The average Bonchev–Trinajstić information content (AvgIpc) is 2.69. The molecule has 3 heteroatoms. The summed E-state index contributed by atoms with van der Waals surface area (Å²) in [5.41, 5.74) is 1.81. The van der Waals surface area contributed by atoms with Gasteiger partial charge in [-0.2, -0.15) is 0 Å². The maximum atomic E-state index is 12.1. The molecule has 0 aliphatic heterocycles. The van der Waals surface area contributed by atoms with E-state index in [1.54, 1.807) is 0 Å². The number of rotatable bonds is 4. The molecule has 0 aromatic carbocycles. The minimum atomic E-state index is -0.143. The molecule has 17 heavy (non-hydrogen) atoms. The van der Waals surface area contributed by atoms with E-state index >= 15 is 0 Å². The topological polar surface area (TPSA) is 49.3 Å². The number of aliphatic hydroxyl groups is 1. The summed E-state index contributed by atoms with van der Waals surface area (Å²) in [6.45, 7) is 8.12. The summed E-state index contributed by atoms with van der Waals surface area (Å²) in [6.07, 6.45) is 3.95. The predicted molar refractivity (Wildman–Crippen MR) is 69.6 cm³/mol. The van der Waals surface area contributed by atoms with E-state index in [0.717, 1.165) is 36.8 Å². The lowest BCUT2D eigenvalue weighted by atomic mass is 9.85. The third-order valence-corrected chi connectivity index (χ3v) is 4.26. The highest BCUT2D eigenvalue weighted by Gasteiger charge is 2.39. The first kappa shape index (κ1) is 14.2. The van der Waals surface area contributed by atoms with Crippen LogP contribution in [0.3, 0.4) is 0 Å². The van der Waals surface area contributed by atoms with E-state index < -0.39 is 0 Å². The fraction of sp³-hybridized carbons (Fsp3) is 0.786. The van der Waals surface area contributed by atoms with Gasteiger partial charge < -0.3 is 10.4 Å². The molecular formula is C14H25NO2. The van der Waals surface area contributed by atoms with Crippen LogP contribution < -0.4 is 5.32 Å². The molecule has 98 valence electrons. The number of carbonyl (C=O) groups excluding carboxylic acids is 1. The van der Waals surface area contributed by atoms with Crippen molar-refractivity contribution in [3.63, 3.8) is 0 Å². The Morgan fingerprint density at radius 1 is 1.47 bits per heavy atom. The Balaban J connectivity index is 2.70. The lowest BCUT2D eigenvalue weighted by molar-refractivity contribution is -0.119. The van der Waals surface area contributed by atoms with Crippen LogP contribution in [0.15, 0.2) is 11.1 Å². The van der Waals surface area contributed by atoms with Crippen molar-refractivity contribution >= 4 is 5.91 Å². The summed E-state index contributed by atoms with van der Waals surface area (Å²) in [4.78, 5) is 12.1. The minimum absolute atomic E-state index is 0.0240. The molecule has 2 atom stereocenters. The number of nitrogens with one attached hydrogen (secondary N) is 1. The van der Waals surface area contributed by atoms with Crippen molar-refractivity contribution in [1.29, 1.82) is 0 Å². The zero-order chi connectivity index (χ0) is 13.1. The molecule has 1 aliphatic rings. The second-order valence-electron chi connectivity index (χ2n) is 5.49. The fourth-order valence-corrected chi connectivity index (χ4v) is 2.39. The summed E-state index contributed by atoms with van der Waals surface area (Å²) in [5, 5.41) is 12.5. The molecule has 0 bridgehead atoms. The number of allylic oxidation sites excluding steroid dienone is 1. The van der Waals surface area contributed by atoms with Gasteiger partial charge in [0.1, 0.15) is 0 Å². The van der Waals surface area contributed by atoms with Gasteiger partial charge in [-0.3, -0.25) is 4.79 Å². The zero-order valence-electron chi connectivity index (χ0n) is 11.5. The van der Waals surface area contributed by atoms with Crippen LogP contribution in [0.4, 0.5) is 0 Å². The third kappa shape index (κ3) is 3.09. The van der Waals surface area contributed by atoms with Gasteiger partial charge in [-0.25, -0.2) is 0 Å². The molecule has 0 heterocycles. The number of carbonyl (C=O) groups is 1. The predicted octanol–water partition coefficient (Wildman–Crippen LogP) is 2.40. The van der Waals surface area contributed by atoms with Crippen molar-refractivity contribution in [3.8, 4) is 0 Å². The summed E-state index contributed by atoms with van der Waals surface area (Å²) in [5.74, 6) is 0.0240. The van der Waals surface area contributed by atoms with Crippen LogP contribution in [0.25, 0.3) is 0 Å². The Bertz CT molecular complexity index is 322. The zero-order valence-corrected chi connectivity index (χ0v) is 11.5. The average molecular weight is 239 g/mol. The minimum Gasteiger partial charge on any atom is -0.396 e. The van der Waals surface area contributed by atoms with E-state index in [1.165, 1.54) is 0 Å². The van der Waals surface area contributed by atoms with Gasteiger partial charge in [0.05, 0.1) is 6.61 Å².